The van der Waals surface area contributed by atoms with Gasteiger partial charge < -0.3 is 5.32 Å². The van der Waals surface area contributed by atoms with Crippen LogP contribution in [0.15, 0.2) is 16.6 Å². The summed E-state index contributed by atoms with van der Waals surface area (Å²) in [5.74, 6) is 0.0634. The minimum atomic E-state index is 0.0634. The Labute approximate surface area is 119 Å². The highest BCUT2D eigenvalue weighted by Gasteiger charge is 2.27. The minimum Gasteiger partial charge on any atom is -0.380 e. The van der Waals surface area contributed by atoms with Gasteiger partial charge in [0.25, 0.3) is 0 Å². The van der Waals surface area contributed by atoms with Crippen molar-refractivity contribution >= 4 is 44.8 Å². The van der Waals surface area contributed by atoms with Gasteiger partial charge in [-0.15, -0.1) is 0 Å². The molecule has 0 amide bonds. The van der Waals surface area contributed by atoms with E-state index in [9.17, 15) is 0 Å². The zero-order valence-corrected chi connectivity index (χ0v) is 12.1. The van der Waals surface area contributed by atoms with Crippen molar-refractivity contribution in [3.05, 3.63) is 26.7 Å². The van der Waals surface area contributed by atoms with E-state index in [0.717, 1.165) is 29.4 Å². The lowest BCUT2D eigenvalue weighted by molar-refractivity contribution is 0.630. The summed E-state index contributed by atoms with van der Waals surface area (Å²) in [7, 11) is 0. The number of rotatable bonds is 2. The van der Waals surface area contributed by atoms with E-state index in [1.807, 2.05) is 12.1 Å². The van der Waals surface area contributed by atoms with Crippen LogP contribution in [-0.4, -0.2) is 6.04 Å². The SMILES string of the molecule is N#CC1CCCC1Nc1ccc(Br)c(Cl)c1Cl. The Balaban J connectivity index is 2.20. The molecule has 0 saturated heterocycles. The summed E-state index contributed by atoms with van der Waals surface area (Å²) in [6.07, 6.45) is 3.04. The maximum atomic E-state index is 9.03. The average Bonchev–Trinajstić information content (AvgIpc) is 2.77. The van der Waals surface area contributed by atoms with Gasteiger partial charge in [-0.05, 0) is 47.3 Å². The number of nitrogens with one attached hydrogen (secondary N) is 1. The van der Waals surface area contributed by atoms with Crippen LogP contribution in [0.3, 0.4) is 0 Å². The van der Waals surface area contributed by atoms with Crippen LogP contribution in [0.5, 0.6) is 0 Å². The topological polar surface area (TPSA) is 35.8 Å². The molecule has 1 saturated carbocycles. The lowest BCUT2D eigenvalue weighted by Gasteiger charge is -2.18. The molecular formula is C12H11BrCl2N2. The van der Waals surface area contributed by atoms with Crippen LogP contribution in [-0.2, 0) is 0 Å². The van der Waals surface area contributed by atoms with Gasteiger partial charge in [-0.2, -0.15) is 5.26 Å². The fourth-order valence-electron chi connectivity index (χ4n) is 2.12. The van der Waals surface area contributed by atoms with E-state index in [-0.39, 0.29) is 12.0 Å². The molecule has 2 nitrogen and oxygen atoms in total. The molecule has 2 unspecified atom stereocenters. The van der Waals surface area contributed by atoms with Crippen LogP contribution < -0.4 is 5.32 Å². The van der Waals surface area contributed by atoms with Gasteiger partial charge in [0.2, 0.25) is 0 Å². The maximum absolute atomic E-state index is 9.03. The molecule has 0 radical (unpaired) electrons. The smallest absolute Gasteiger partial charge is 0.0835 e. The van der Waals surface area contributed by atoms with Crippen molar-refractivity contribution in [2.75, 3.05) is 5.32 Å². The number of benzene rings is 1. The Morgan fingerprint density at radius 3 is 2.76 bits per heavy atom. The van der Waals surface area contributed by atoms with Gasteiger partial charge in [0.1, 0.15) is 0 Å². The van der Waals surface area contributed by atoms with Gasteiger partial charge in [-0.1, -0.05) is 23.2 Å². The summed E-state index contributed by atoms with van der Waals surface area (Å²) in [6, 6.07) is 6.24. The van der Waals surface area contributed by atoms with Gasteiger partial charge >= 0.3 is 0 Å². The van der Waals surface area contributed by atoms with Crippen LogP contribution in [0.1, 0.15) is 19.3 Å². The molecule has 1 aliphatic carbocycles. The van der Waals surface area contributed by atoms with E-state index in [4.69, 9.17) is 28.5 Å². The number of hydrogen-bond donors (Lipinski definition) is 1. The predicted molar refractivity (Wildman–Crippen MR) is 74.5 cm³/mol. The van der Waals surface area contributed by atoms with Crippen molar-refractivity contribution in [3.63, 3.8) is 0 Å². The molecule has 17 heavy (non-hydrogen) atoms. The number of anilines is 1. The third-order valence-electron chi connectivity index (χ3n) is 3.06. The zero-order valence-electron chi connectivity index (χ0n) is 9.01. The summed E-state index contributed by atoms with van der Waals surface area (Å²) >= 11 is 15.5. The summed E-state index contributed by atoms with van der Waals surface area (Å²) in [6.45, 7) is 0. The van der Waals surface area contributed by atoms with E-state index < -0.39 is 0 Å². The summed E-state index contributed by atoms with van der Waals surface area (Å²) in [5.41, 5.74) is 0.798. The molecule has 2 rings (SSSR count). The van der Waals surface area contributed by atoms with Crippen LogP contribution in [0.4, 0.5) is 5.69 Å². The Kier molecular flexibility index (Phi) is 4.19. The molecule has 1 fully saturated rings. The second-order valence-electron chi connectivity index (χ2n) is 4.14. The highest BCUT2D eigenvalue weighted by atomic mass is 79.9. The number of nitrogens with zero attached hydrogens (tertiary/aromatic N) is 1. The first kappa shape index (κ1) is 13.0. The van der Waals surface area contributed by atoms with E-state index in [0.29, 0.717) is 10.0 Å². The maximum Gasteiger partial charge on any atom is 0.0835 e. The van der Waals surface area contributed by atoms with Gasteiger partial charge in [-0.25, -0.2) is 0 Å². The first-order valence-corrected chi connectivity index (χ1v) is 6.98. The second-order valence-corrected chi connectivity index (χ2v) is 5.75. The molecule has 2 atom stereocenters. The van der Waals surface area contributed by atoms with Crippen molar-refractivity contribution < 1.29 is 0 Å². The van der Waals surface area contributed by atoms with Gasteiger partial charge in [0, 0.05) is 10.5 Å². The molecule has 90 valence electrons. The molecule has 1 N–H and O–H groups in total. The normalized spacial score (nSPS) is 23.4. The van der Waals surface area contributed by atoms with E-state index in [1.54, 1.807) is 0 Å². The van der Waals surface area contributed by atoms with Crippen molar-refractivity contribution in [1.29, 1.82) is 5.26 Å². The van der Waals surface area contributed by atoms with Crippen molar-refractivity contribution in [3.8, 4) is 6.07 Å². The largest absolute Gasteiger partial charge is 0.380 e. The fraction of sp³-hybridized carbons (Fsp3) is 0.417. The quantitative estimate of drug-likeness (QED) is 0.784. The molecule has 1 aromatic carbocycles. The molecule has 0 aromatic heterocycles. The lowest BCUT2D eigenvalue weighted by Crippen LogP contribution is -2.22. The summed E-state index contributed by atoms with van der Waals surface area (Å²) in [4.78, 5) is 0. The second kappa shape index (κ2) is 5.48. The predicted octanol–water partition coefficient (Wildman–Crippen LogP) is 4.86. The Bertz CT molecular complexity index is 470. The van der Waals surface area contributed by atoms with Gasteiger partial charge in [0.05, 0.1) is 27.7 Å². The molecule has 1 aliphatic rings. The number of halogens is 3. The first-order chi connectivity index (χ1) is 8.13. The van der Waals surface area contributed by atoms with Crippen molar-refractivity contribution in [1.82, 2.24) is 0 Å². The molecular weight excluding hydrogens is 323 g/mol. The molecule has 5 heteroatoms. The lowest BCUT2D eigenvalue weighted by atomic mass is 10.1. The minimum absolute atomic E-state index is 0.0634. The third-order valence-corrected chi connectivity index (χ3v) is 4.83. The highest BCUT2D eigenvalue weighted by Crippen LogP contribution is 2.37. The van der Waals surface area contributed by atoms with Crippen molar-refractivity contribution in [2.24, 2.45) is 5.92 Å². The summed E-state index contributed by atoms with van der Waals surface area (Å²) in [5, 5.41) is 13.4. The van der Waals surface area contributed by atoms with Gasteiger partial charge in [-0.3, -0.25) is 0 Å². The molecule has 1 aromatic rings. The van der Waals surface area contributed by atoms with Crippen LogP contribution in [0.2, 0.25) is 10.0 Å². The van der Waals surface area contributed by atoms with E-state index >= 15 is 0 Å². The Morgan fingerprint density at radius 2 is 2.06 bits per heavy atom. The number of hydrogen-bond acceptors (Lipinski definition) is 2. The Morgan fingerprint density at radius 1 is 1.29 bits per heavy atom. The van der Waals surface area contributed by atoms with Crippen LogP contribution >= 0.6 is 39.1 Å². The van der Waals surface area contributed by atoms with Crippen LogP contribution in [0.25, 0.3) is 0 Å². The third kappa shape index (κ3) is 2.70. The Hall–Kier alpha value is -0.430. The zero-order chi connectivity index (χ0) is 12.4. The molecule has 0 spiro atoms. The van der Waals surface area contributed by atoms with E-state index in [2.05, 4.69) is 27.3 Å². The van der Waals surface area contributed by atoms with Crippen LogP contribution in [0, 0.1) is 17.2 Å². The number of nitriles is 1. The molecule has 0 bridgehead atoms. The molecule has 0 heterocycles. The standard InChI is InChI=1S/C12H11BrCl2N2/c13-8-4-5-10(12(15)11(8)14)17-9-3-1-2-7(9)6-16/h4-5,7,9,17H,1-3H2. The highest BCUT2D eigenvalue weighted by molar-refractivity contribution is 9.10. The van der Waals surface area contributed by atoms with E-state index in [1.165, 1.54) is 0 Å². The van der Waals surface area contributed by atoms with Crippen molar-refractivity contribution in [2.45, 2.75) is 25.3 Å². The summed E-state index contributed by atoms with van der Waals surface area (Å²) < 4.78 is 0.776. The monoisotopic (exact) mass is 332 g/mol. The fourth-order valence-corrected chi connectivity index (χ4v) is 2.95. The molecule has 0 aliphatic heterocycles. The first-order valence-electron chi connectivity index (χ1n) is 5.43. The van der Waals surface area contributed by atoms with Gasteiger partial charge in [0.15, 0.2) is 0 Å². The average molecular weight is 334 g/mol.